The summed E-state index contributed by atoms with van der Waals surface area (Å²) in [7, 11) is -3.24. The molecule has 0 saturated carbocycles. The number of amides is 2. The van der Waals surface area contributed by atoms with Crippen LogP contribution in [0.15, 0.2) is 47.4 Å². The van der Waals surface area contributed by atoms with E-state index in [1.165, 1.54) is 12.1 Å². The van der Waals surface area contributed by atoms with Crippen molar-refractivity contribution in [3.05, 3.63) is 53.6 Å². The minimum Gasteiger partial charge on any atom is -0.494 e. The highest BCUT2D eigenvalue weighted by atomic mass is 32.2. The van der Waals surface area contributed by atoms with E-state index in [2.05, 4.69) is 16.2 Å². The fourth-order valence-electron chi connectivity index (χ4n) is 2.64. The first-order valence-corrected chi connectivity index (χ1v) is 11.4. The second-order valence-electron chi connectivity index (χ2n) is 6.96. The molecule has 8 nitrogen and oxygen atoms in total. The average Bonchev–Trinajstić information content (AvgIpc) is 2.68. The van der Waals surface area contributed by atoms with Gasteiger partial charge in [0.05, 0.1) is 18.0 Å². The number of aryl methyl sites for hydroxylation is 2. The third-order valence-corrected chi connectivity index (χ3v) is 5.36. The molecule has 2 aromatic rings. The smallest absolute Gasteiger partial charge is 0.257 e. The van der Waals surface area contributed by atoms with Gasteiger partial charge in [0.2, 0.25) is 5.91 Å². The standard InChI is InChI=1S/C21H27N3O5S/c1-15-6-11-19(16(2)13-15)22-14-21(26)24-23-20(25)5-4-12-29-17-7-9-18(10-8-17)30(3,27)28/h6-11,13,22H,4-5,12,14H2,1-3H3,(H,23,25)(H,24,26). The summed E-state index contributed by atoms with van der Waals surface area (Å²) in [5.74, 6) is -0.162. The molecule has 0 bridgehead atoms. The van der Waals surface area contributed by atoms with Crippen molar-refractivity contribution in [1.82, 2.24) is 10.9 Å². The molecule has 2 rings (SSSR count). The number of ether oxygens (including phenoxy) is 1. The quantitative estimate of drug-likeness (QED) is 0.412. The molecular weight excluding hydrogens is 406 g/mol. The van der Waals surface area contributed by atoms with Crippen molar-refractivity contribution in [2.45, 2.75) is 31.6 Å². The van der Waals surface area contributed by atoms with Gasteiger partial charge in [-0.05, 0) is 56.2 Å². The third kappa shape index (κ3) is 7.75. The lowest BCUT2D eigenvalue weighted by molar-refractivity contribution is -0.128. The second-order valence-corrected chi connectivity index (χ2v) is 8.98. The normalized spacial score (nSPS) is 10.9. The molecule has 2 amide bonds. The zero-order chi connectivity index (χ0) is 22.1. The summed E-state index contributed by atoms with van der Waals surface area (Å²) in [5, 5.41) is 3.03. The minimum absolute atomic E-state index is 0.0385. The molecule has 0 aliphatic heterocycles. The summed E-state index contributed by atoms with van der Waals surface area (Å²) in [6, 6.07) is 12.0. The second kappa shape index (κ2) is 10.6. The Morgan fingerprint density at radius 3 is 2.27 bits per heavy atom. The summed E-state index contributed by atoms with van der Waals surface area (Å²) in [4.78, 5) is 23.9. The molecule has 0 unspecified atom stereocenters. The molecule has 9 heteroatoms. The van der Waals surface area contributed by atoms with E-state index < -0.39 is 9.84 Å². The summed E-state index contributed by atoms with van der Waals surface area (Å²) < 4.78 is 28.3. The molecule has 30 heavy (non-hydrogen) atoms. The summed E-state index contributed by atoms with van der Waals surface area (Å²) >= 11 is 0. The number of benzene rings is 2. The van der Waals surface area contributed by atoms with Gasteiger partial charge in [0.1, 0.15) is 5.75 Å². The number of carbonyl (C=O) groups is 2. The Hall–Kier alpha value is -3.07. The van der Waals surface area contributed by atoms with E-state index >= 15 is 0 Å². The Morgan fingerprint density at radius 2 is 1.63 bits per heavy atom. The van der Waals surface area contributed by atoms with E-state index in [1.807, 2.05) is 32.0 Å². The molecule has 0 atom stereocenters. The number of nitrogens with one attached hydrogen (secondary N) is 3. The number of hydrogen-bond acceptors (Lipinski definition) is 6. The van der Waals surface area contributed by atoms with Crippen LogP contribution in [0.2, 0.25) is 0 Å². The largest absolute Gasteiger partial charge is 0.494 e. The van der Waals surface area contributed by atoms with Crippen LogP contribution in [0, 0.1) is 13.8 Å². The van der Waals surface area contributed by atoms with Gasteiger partial charge in [0.15, 0.2) is 9.84 Å². The van der Waals surface area contributed by atoms with Gasteiger partial charge in [-0.25, -0.2) is 8.42 Å². The number of hydrazine groups is 1. The Morgan fingerprint density at radius 1 is 0.967 bits per heavy atom. The molecule has 0 saturated heterocycles. The van der Waals surface area contributed by atoms with Crippen molar-refractivity contribution in [2.24, 2.45) is 0 Å². The lowest BCUT2D eigenvalue weighted by atomic mass is 10.1. The van der Waals surface area contributed by atoms with Crippen molar-refractivity contribution >= 4 is 27.3 Å². The van der Waals surface area contributed by atoms with E-state index in [4.69, 9.17) is 4.74 Å². The van der Waals surface area contributed by atoms with Crippen LogP contribution in [0.25, 0.3) is 0 Å². The van der Waals surface area contributed by atoms with E-state index in [1.54, 1.807) is 12.1 Å². The molecule has 2 aromatic carbocycles. The highest BCUT2D eigenvalue weighted by Gasteiger charge is 2.08. The highest BCUT2D eigenvalue weighted by Crippen LogP contribution is 2.16. The Balaban J connectivity index is 1.62. The van der Waals surface area contributed by atoms with Crippen LogP contribution in [-0.2, 0) is 19.4 Å². The van der Waals surface area contributed by atoms with Crippen LogP contribution in [0.4, 0.5) is 5.69 Å². The van der Waals surface area contributed by atoms with Crippen molar-refractivity contribution in [3.8, 4) is 5.75 Å². The molecule has 3 N–H and O–H groups in total. The molecule has 0 aliphatic rings. The molecule has 162 valence electrons. The maximum absolute atomic E-state index is 11.9. The van der Waals surface area contributed by atoms with Gasteiger partial charge in [0, 0.05) is 18.4 Å². The van der Waals surface area contributed by atoms with Gasteiger partial charge >= 0.3 is 0 Å². The number of carbonyl (C=O) groups excluding carboxylic acids is 2. The molecule has 0 aromatic heterocycles. The van der Waals surface area contributed by atoms with Crippen LogP contribution in [-0.4, -0.2) is 39.6 Å². The molecule has 0 aliphatic carbocycles. The van der Waals surface area contributed by atoms with E-state index in [-0.39, 0.29) is 36.3 Å². The number of rotatable bonds is 9. The molecule has 0 spiro atoms. The van der Waals surface area contributed by atoms with Gasteiger partial charge in [-0.2, -0.15) is 0 Å². The molecule has 0 radical (unpaired) electrons. The maximum Gasteiger partial charge on any atom is 0.257 e. The highest BCUT2D eigenvalue weighted by molar-refractivity contribution is 7.90. The van der Waals surface area contributed by atoms with Gasteiger partial charge in [-0.15, -0.1) is 0 Å². The lowest BCUT2D eigenvalue weighted by Gasteiger charge is -2.11. The zero-order valence-corrected chi connectivity index (χ0v) is 18.1. The topological polar surface area (TPSA) is 114 Å². The maximum atomic E-state index is 11.9. The van der Waals surface area contributed by atoms with Crippen molar-refractivity contribution in [1.29, 1.82) is 0 Å². The third-order valence-electron chi connectivity index (χ3n) is 4.23. The number of sulfone groups is 1. The molecule has 0 fully saturated rings. The van der Waals surface area contributed by atoms with Gasteiger partial charge in [-0.3, -0.25) is 20.4 Å². The van der Waals surface area contributed by atoms with Crippen LogP contribution in [0.1, 0.15) is 24.0 Å². The fraction of sp³-hybridized carbons (Fsp3) is 0.333. The van der Waals surface area contributed by atoms with E-state index in [9.17, 15) is 18.0 Å². The fourth-order valence-corrected chi connectivity index (χ4v) is 3.27. The Bertz CT molecular complexity index is 988. The number of hydrogen-bond donors (Lipinski definition) is 3. The van der Waals surface area contributed by atoms with Gasteiger partial charge in [0.25, 0.3) is 5.91 Å². The monoisotopic (exact) mass is 433 g/mol. The Labute approximate surface area is 176 Å². The van der Waals surface area contributed by atoms with Crippen molar-refractivity contribution in [3.63, 3.8) is 0 Å². The summed E-state index contributed by atoms with van der Waals surface area (Å²) in [6.45, 7) is 4.28. The SMILES string of the molecule is Cc1ccc(NCC(=O)NNC(=O)CCCOc2ccc(S(C)(=O)=O)cc2)c(C)c1. The van der Waals surface area contributed by atoms with Crippen LogP contribution in [0.5, 0.6) is 5.75 Å². The summed E-state index contributed by atoms with van der Waals surface area (Å²) in [6.07, 6.45) is 1.75. The van der Waals surface area contributed by atoms with Crippen LogP contribution >= 0.6 is 0 Å². The molecule has 0 heterocycles. The lowest BCUT2D eigenvalue weighted by Crippen LogP contribution is -2.44. The van der Waals surface area contributed by atoms with Crippen LogP contribution in [0.3, 0.4) is 0 Å². The predicted molar refractivity (Wildman–Crippen MR) is 115 cm³/mol. The van der Waals surface area contributed by atoms with E-state index in [0.29, 0.717) is 12.2 Å². The van der Waals surface area contributed by atoms with Crippen LogP contribution < -0.4 is 20.9 Å². The first kappa shape index (κ1) is 23.2. The molecular formula is C21H27N3O5S. The van der Waals surface area contributed by atoms with Crippen molar-refractivity contribution in [2.75, 3.05) is 24.7 Å². The Kier molecular flexibility index (Phi) is 8.23. The van der Waals surface area contributed by atoms with Gasteiger partial charge < -0.3 is 10.1 Å². The van der Waals surface area contributed by atoms with E-state index in [0.717, 1.165) is 23.1 Å². The predicted octanol–water partition coefficient (Wildman–Crippen LogP) is 2.13. The van der Waals surface area contributed by atoms with Gasteiger partial charge in [-0.1, -0.05) is 17.7 Å². The number of anilines is 1. The summed E-state index contributed by atoms with van der Waals surface area (Å²) in [5.41, 5.74) is 7.78. The van der Waals surface area contributed by atoms with Crippen molar-refractivity contribution < 1.29 is 22.7 Å². The average molecular weight is 434 g/mol. The first-order chi connectivity index (χ1) is 14.1. The zero-order valence-electron chi connectivity index (χ0n) is 17.3. The minimum atomic E-state index is -3.24. The first-order valence-electron chi connectivity index (χ1n) is 9.47.